The number of methoxy groups -OCH3 is 1. The number of anilines is 1. The highest BCUT2D eigenvalue weighted by Gasteiger charge is 2.33. The largest absolute Gasteiger partial charge is 0.480 e. The topological polar surface area (TPSA) is 92.2 Å². The number of nitrogens with zero attached hydrogens (tertiary/aromatic N) is 6. The standard InChI is InChI=1S/C24H29N7O2/c1-14-13-31(20-9-23(32)29(4)21-10-26-28-24(20)21)15(2)12-30(14)16(3)17-6-7-18-19(8-17)27-22(33-5)11-25-18/h6-11,14-16H,12-13H2,1-5H3,(H,26,28)/t14-,15+,16?/m1/s1. The molecule has 0 spiro atoms. The Balaban J connectivity index is 1.43. The second-order valence-corrected chi connectivity index (χ2v) is 8.94. The van der Waals surface area contributed by atoms with E-state index in [4.69, 9.17) is 4.74 Å². The first-order chi connectivity index (χ1) is 15.9. The third-order valence-corrected chi connectivity index (χ3v) is 6.90. The maximum Gasteiger partial charge on any atom is 0.252 e. The van der Waals surface area contributed by atoms with Crippen LogP contribution in [0.15, 0.2) is 41.5 Å². The number of aromatic amines is 1. The smallest absolute Gasteiger partial charge is 0.252 e. The molecule has 3 atom stereocenters. The lowest BCUT2D eigenvalue weighted by Crippen LogP contribution is -2.57. The number of benzene rings is 1. The van der Waals surface area contributed by atoms with E-state index in [1.807, 2.05) is 6.07 Å². The van der Waals surface area contributed by atoms with E-state index in [2.05, 4.69) is 62.9 Å². The molecule has 3 aromatic heterocycles. The van der Waals surface area contributed by atoms with Crippen LogP contribution in [-0.2, 0) is 7.05 Å². The van der Waals surface area contributed by atoms with Gasteiger partial charge >= 0.3 is 0 Å². The summed E-state index contributed by atoms with van der Waals surface area (Å²) in [5.74, 6) is 0.516. The molecule has 1 aliphatic rings. The SMILES string of the molecule is COc1cnc2ccc(C(C)N3C[C@H](C)N(c4cc(=O)n(C)c5cn[nH]c45)C[C@H]3C)cc2n1. The van der Waals surface area contributed by atoms with E-state index in [1.165, 1.54) is 5.56 Å². The predicted molar refractivity (Wildman–Crippen MR) is 129 cm³/mol. The van der Waals surface area contributed by atoms with Crippen molar-refractivity contribution in [2.24, 2.45) is 7.05 Å². The van der Waals surface area contributed by atoms with Gasteiger partial charge in [0.2, 0.25) is 5.88 Å². The summed E-state index contributed by atoms with van der Waals surface area (Å²) in [4.78, 5) is 26.4. The highest BCUT2D eigenvalue weighted by Crippen LogP contribution is 2.32. The van der Waals surface area contributed by atoms with Crippen LogP contribution in [0.5, 0.6) is 5.88 Å². The fourth-order valence-corrected chi connectivity index (χ4v) is 4.94. The minimum atomic E-state index is -0.0257. The molecule has 1 aromatic carbocycles. The Hall–Kier alpha value is -3.46. The molecule has 1 fully saturated rings. The number of H-pyrrole nitrogens is 1. The van der Waals surface area contributed by atoms with Crippen LogP contribution < -0.4 is 15.2 Å². The summed E-state index contributed by atoms with van der Waals surface area (Å²) in [6.45, 7) is 8.37. The van der Waals surface area contributed by atoms with Crippen LogP contribution >= 0.6 is 0 Å². The van der Waals surface area contributed by atoms with Gasteiger partial charge in [-0.05, 0) is 38.5 Å². The summed E-state index contributed by atoms with van der Waals surface area (Å²) in [5, 5.41) is 7.27. The third kappa shape index (κ3) is 3.62. The molecule has 4 aromatic rings. The number of piperazine rings is 1. The van der Waals surface area contributed by atoms with Gasteiger partial charge in [0.25, 0.3) is 5.56 Å². The van der Waals surface area contributed by atoms with Crippen molar-refractivity contribution in [3.8, 4) is 5.88 Å². The number of nitrogens with one attached hydrogen (secondary N) is 1. The zero-order chi connectivity index (χ0) is 23.3. The van der Waals surface area contributed by atoms with E-state index in [0.29, 0.717) is 5.88 Å². The van der Waals surface area contributed by atoms with Gasteiger partial charge in [-0.15, -0.1) is 0 Å². The van der Waals surface area contributed by atoms with Gasteiger partial charge in [0.15, 0.2) is 0 Å². The van der Waals surface area contributed by atoms with E-state index in [9.17, 15) is 4.79 Å². The monoisotopic (exact) mass is 447 g/mol. The summed E-state index contributed by atoms with van der Waals surface area (Å²) in [7, 11) is 3.38. The van der Waals surface area contributed by atoms with Gasteiger partial charge in [-0.25, -0.2) is 9.97 Å². The Labute approximate surface area is 192 Å². The van der Waals surface area contributed by atoms with Crippen molar-refractivity contribution in [2.75, 3.05) is 25.1 Å². The second kappa shape index (κ2) is 8.15. The highest BCUT2D eigenvalue weighted by atomic mass is 16.5. The Morgan fingerprint density at radius 2 is 1.94 bits per heavy atom. The number of rotatable bonds is 4. The predicted octanol–water partition coefficient (Wildman–Crippen LogP) is 2.87. The molecular formula is C24H29N7O2. The lowest BCUT2D eigenvalue weighted by Gasteiger charge is -2.47. The number of pyridine rings is 1. The Bertz CT molecular complexity index is 1380. The molecule has 1 N–H and O–H groups in total. The summed E-state index contributed by atoms with van der Waals surface area (Å²) in [6, 6.07) is 8.69. The second-order valence-electron chi connectivity index (χ2n) is 8.94. The number of hydrogen-bond acceptors (Lipinski definition) is 7. The fourth-order valence-electron chi connectivity index (χ4n) is 4.94. The minimum Gasteiger partial charge on any atom is -0.480 e. The van der Waals surface area contributed by atoms with Crippen molar-refractivity contribution in [1.29, 1.82) is 0 Å². The van der Waals surface area contributed by atoms with Crippen molar-refractivity contribution >= 4 is 27.8 Å². The number of ether oxygens (including phenoxy) is 1. The maximum atomic E-state index is 12.6. The molecule has 4 heterocycles. The maximum absolute atomic E-state index is 12.6. The van der Waals surface area contributed by atoms with Gasteiger partial charge in [-0.2, -0.15) is 5.10 Å². The molecule has 0 saturated carbocycles. The van der Waals surface area contributed by atoms with Gasteiger partial charge in [-0.3, -0.25) is 14.8 Å². The van der Waals surface area contributed by atoms with Crippen molar-refractivity contribution in [2.45, 2.75) is 38.9 Å². The molecule has 0 amide bonds. The van der Waals surface area contributed by atoms with Crippen molar-refractivity contribution in [3.63, 3.8) is 0 Å². The first-order valence-corrected chi connectivity index (χ1v) is 11.2. The zero-order valence-corrected chi connectivity index (χ0v) is 19.6. The first-order valence-electron chi connectivity index (χ1n) is 11.2. The number of hydrogen-bond donors (Lipinski definition) is 1. The molecule has 33 heavy (non-hydrogen) atoms. The molecule has 5 rings (SSSR count). The molecule has 1 saturated heterocycles. The van der Waals surface area contributed by atoms with E-state index >= 15 is 0 Å². The van der Waals surface area contributed by atoms with Crippen LogP contribution in [0.2, 0.25) is 0 Å². The lowest BCUT2D eigenvalue weighted by molar-refractivity contribution is 0.119. The number of fused-ring (bicyclic) bond motifs is 2. The van der Waals surface area contributed by atoms with Gasteiger partial charge < -0.3 is 14.2 Å². The quantitative estimate of drug-likeness (QED) is 0.514. The van der Waals surface area contributed by atoms with Crippen molar-refractivity contribution in [3.05, 3.63) is 52.6 Å². The normalized spacial score (nSPS) is 20.5. The summed E-state index contributed by atoms with van der Waals surface area (Å²) in [5.41, 5.74) is 5.50. The number of aromatic nitrogens is 5. The molecule has 0 aliphatic carbocycles. The van der Waals surface area contributed by atoms with Crippen molar-refractivity contribution in [1.82, 2.24) is 29.6 Å². The third-order valence-electron chi connectivity index (χ3n) is 6.90. The van der Waals surface area contributed by atoms with Crippen LogP contribution in [-0.4, -0.2) is 61.9 Å². The van der Waals surface area contributed by atoms with E-state index < -0.39 is 0 Å². The van der Waals surface area contributed by atoms with Gasteiger partial charge in [-0.1, -0.05) is 6.07 Å². The Morgan fingerprint density at radius 3 is 2.73 bits per heavy atom. The Morgan fingerprint density at radius 1 is 1.12 bits per heavy atom. The average molecular weight is 448 g/mol. The molecule has 0 bridgehead atoms. The van der Waals surface area contributed by atoms with Crippen molar-refractivity contribution < 1.29 is 4.74 Å². The Kier molecular flexibility index (Phi) is 5.28. The van der Waals surface area contributed by atoms with Gasteiger partial charge in [0.1, 0.15) is 5.52 Å². The fraction of sp³-hybridized carbons (Fsp3) is 0.417. The molecule has 9 nitrogen and oxygen atoms in total. The summed E-state index contributed by atoms with van der Waals surface area (Å²) in [6.07, 6.45) is 3.35. The number of aryl methyl sites for hydroxylation is 1. The van der Waals surface area contributed by atoms with E-state index in [0.717, 1.165) is 40.8 Å². The molecule has 172 valence electrons. The van der Waals surface area contributed by atoms with E-state index in [-0.39, 0.29) is 23.7 Å². The summed E-state index contributed by atoms with van der Waals surface area (Å²) >= 11 is 0. The zero-order valence-electron chi connectivity index (χ0n) is 19.6. The molecule has 1 unspecified atom stereocenters. The molecule has 1 aliphatic heterocycles. The van der Waals surface area contributed by atoms with Crippen LogP contribution in [0.3, 0.4) is 0 Å². The van der Waals surface area contributed by atoms with Gasteiger partial charge in [0.05, 0.1) is 41.7 Å². The van der Waals surface area contributed by atoms with Crippen LogP contribution in [0, 0.1) is 0 Å². The molecule has 0 radical (unpaired) electrons. The first kappa shape index (κ1) is 21.4. The molecular weight excluding hydrogens is 418 g/mol. The lowest BCUT2D eigenvalue weighted by atomic mass is 10.00. The highest BCUT2D eigenvalue weighted by molar-refractivity contribution is 5.88. The van der Waals surface area contributed by atoms with Crippen LogP contribution in [0.4, 0.5) is 5.69 Å². The molecule has 9 heteroatoms. The summed E-state index contributed by atoms with van der Waals surface area (Å²) < 4.78 is 6.88. The van der Waals surface area contributed by atoms with Gasteiger partial charge in [0, 0.05) is 44.3 Å². The van der Waals surface area contributed by atoms with E-state index in [1.54, 1.807) is 37.2 Å². The average Bonchev–Trinajstić information content (AvgIpc) is 3.32. The van der Waals surface area contributed by atoms with Crippen LogP contribution in [0.1, 0.15) is 32.4 Å². The minimum absolute atomic E-state index is 0.0257. The van der Waals surface area contributed by atoms with Crippen LogP contribution in [0.25, 0.3) is 22.1 Å².